The number of para-hydroxylation sites is 1. The highest BCUT2D eigenvalue weighted by molar-refractivity contribution is 8.18. The van der Waals surface area contributed by atoms with Gasteiger partial charge in [0.05, 0.1) is 17.7 Å². The fourth-order valence-electron chi connectivity index (χ4n) is 3.18. The number of ether oxygens (including phenoxy) is 1. The summed E-state index contributed by atoms with van der Waals surface area (Å²) in [6, 6.07) is 5.58. The number of carbonyl (C=O) groups excluding carboxylic acids is 3. The fourth-order valence-corrected chi connectivity index (χ4v) is 3.86. The minimum Gasteiger partial charge on any atom is -0.495 e. The van der Waals surface area contributed by atoms with Gasteiger partial charge in [0.2, 0.25) is 5.91 Å². The molecule has 0 spiro atoms. The molecule has 2 aliphatic heterocycles. The number of carbonyl (C=O) groups is 3. The number of imide groups is 1. The number of piperazine rings is 1. The Morgan fingerprint density at radius 2 is 2.00 bits per heavy atom. The fraction of sp³-hybridized carbons (Fsp3) is 0.389. The van der Waals surface area contributed by atoms with Crippen LogP contribution in [0.15, 0.2) is 23.1 Å². The standard InChI is InChI=1S/C18H22N4O4S.ClH/c1-26-13-4-2-3-12(11-14-17(24)20-18(25)27-14)16(13)22-9-7-21(8-10-22)15(23)5-6-19;/h2-4,11H,5-10,19H2,1H3,(H,20,24,25);1H/b14-11-;. The van der Waals surface area contributed by atoms with Gasteiger partial charge < -0.3 is 20.3 Å². The van der Waals surface area contributed by atoms with Gasteiger partial charge in [0.25, 0.3) is 11.1 Å². The van der Waals surface area contributed by atoms with Crippen LogP contribution in [0.3, 0.4) is 0 Å². The first-order chi connectivity index (χ1) is 13.0. The van der Waals surface area contributed by atoms with Crippen LogP contribution in [0, 0.1) is 0 Å². The number of thioether (sulfide) groups is 1. The molecule has 28 heavy (non-hydrogen) atoms. The first-order valence-corrected chi connectivity index (χ1v) is 9.49. The molecule has 3 amide bonds. The molecular weight excluding hydrogens is 404 g/mol. The maximum Gasteiger partial charge on any atom is 0.290 e. The molecule has 10 heteroatoms. The summed E-state index contributed by atoms with van der Waals surface area (Å²) in [6.45, 7) is 2.83. The van der Waals surface area contributed by atoms with Gasteiger partial charge >= 0.3 is 0 Å². The van der Waals surface area contributed by atoms with Gasteiger partial charge in [-0.15, -0.1) is 12.4 Å². The number of anilines is 1. The summed E-state index contributed by atoms with van der Waals surface area (Å²) in [7, 11) is 1.59. The smallest absolute Gasteiger partial charge is 0.290 e. The predicted molar refractivity (Wildman–Crippen MR) is 112 cm³/mol. The summed E-state index contributed by atoms with van der Waals surface area (Å²) in [5, 5.41) is 1.89. The van der Waals surface area contributed by atoms with Crippen LogP contribution in [-0.4, -0.2) is 61.8 Å². The Labute approximate surface area is 173 Å². The van der Waals surface area contributed by atoms with Crippen molar-refractivity contribution in [3.8, 4) is 5.75 Å². The van der Waals surface area contributed by atoms with Crippen LogP contribution in [0.4, 0.5) is 10.5 Å². The average Bonchev–Trinajstić information content (AvgIpc) is 2.98. The maximum absolute atomic E-state index is 12.0. The van der Waals surface area contributed by atoms with E-state index >= 15 is 0 Å². The van der Waals surface area contributed by atoms with E-state index in [4.69, 9.17) is 10.5 Å². The van der Waals surface area contributed by atoms with Crippen LogP contribution >= 0.6 is 24.2 Å². The third kappa shape index (κ3) is 4.78. The van der Waals surface area contributed by atoms with E-state index < -0.39 is 5.91 Å². The highest BCUT2D eigenvalue weighted by atomic mass is 35.5. The van der Waals surface area contributed by atoms with Crippen molar-refractivity contribution in [1.29, 1.82) is 0 Å². The number of hydrogen-bond acceptors (Lipinski definition) is 7. The minimum atomic E-state index is -0.393. The summed E-state index contributed by atoms with van der Waals surface area (Å²) in [5.41, 5.74) is 7.12. The minimum absolute atomic E-state index is 0. The van der Waals surface area contributed by atoms with Crippen molar-refractivity contribution < 1.29 is 19.1 Å². The number of amides is 3. The molecular formula is C18H23ClN4O4S. The van der Waals surface area contributed by atoms with Gasteiger partial charge in [-0.25, -0.2) is 0 Å². The second-order valence-electron chi connectivity index (χ2n) is 6.16. The van der Waals surface area contributed by atoms with Gasteiger partial charge in [-0.3, -0.25) is 19.7 Å². The predicted octanol–water partition coefficient (Wildman–Crippen LogP) is 1.44. The van der Waals surface area contributed by atoms with E-state index in [0.29, 0.717) is 49.8 Å². The zero-order valence-corrected chi connectivity index (χ0v) is 17.1. The normalized spacial score (nSPS) is 18.1. The zero-order chi connectivity index (χ0) is 19.4. The average molecular weight is 427 g/mol. The molecule has 152 valence electrons. The third-order valence-corrected chi connectivity index (χ3v) is 5.30. The largest absolute Gasteiger partial charge is 0.495 e. The lowest BCUT2D eigenvalue weighted by Gasteiger charge is -2.37. The Hall–Kier alpha value is -2.23. The lowest BCUT2D eigenvalue weighted by molar-refractivity contribution is -0.131. The Kier molecular flexibility index (Phi) is 7.73. The molecule has 0 atom stereocenters. The first kappa shape index (κ1) is 22.1. The molecule has 0 aliphatic carbocycles. The Balaban J connectivity index is 0.00000280. The molecule has 2 saturated heterocycles. The summed E-state index contributed by atoms with van der Waals surface area (Å²) >= 11 is 0.885. The van der Waals surface area contributed by atoms with Crippen LogP contribution in [-0.2, 0) is 9.59 Å². The monoisotopic (exact) mass is 426 g/mol. The SMILES string of the molecule is COc1cccc(/C=C2\SC(=O)NC2=O)c1N1CCN(C(=O)CCN)CC1.Cl. The topological polar surface area (TPSA) is 105 Å². The molecule has 0 unspecified atom stereocenters. The number of benzene rings is 1. The molecule has 1 aromatic rings. The molecule has 0 bridgehead atoms. The van der Waals surface area contributed by atoms with Gasteiger partial charge in [-0.05, 0) is 23.9 Å². The van der Waals surface area contributed by atoms with E-state index in [2.05, 4.69) is 10.2 Å². The molecule has 3 rings (SSSR count). The lowest BCUT2D eigenvalue weighted by Crippen LogP contribution is -2.49. The Morgan fingerprint density at radius 3 is 2.57 bits per heavy atom. The third-order valence-electron chi connectivity index (χ3n) is 4.49. The van der Waals surface area contributed by atoms with Gasteiger partial charge in [0.1, 0.15) is 5.75 Å². The molecule has 0 saturated carbocycles. The second-order valence-corrected chi connectivity index (χ2v) is 7.17. The number of hydrogen-bond donors (Lipinski definition) is 2. The maximum atomic E-state index is 12.0. The van der Waals surface area contributed by atoms with E-state index in [9.17, 15) is 14.4 Å². The van der Waals surface area contributed by atoms with Gasteiger partial charge in [-0.2, -0.15) is 0 Å². The lowest BCUT2D eigenvalue weighted by atomic mass is 10.1. The van der Waals surface area contributed by atoms with Crippen molar-refractivity contribution in [2.45, 2.75) is 6.42 Å². The summed E-state index contributed by atoms with van der Waals surface area (Å²) in [6.07, 6.45) is 2.06. The summed E-state index contributed by atoms with van der Waals surface area (Å²) in [4.78, 5) is 39.7. The summed E-state index contributed by atoms with van der Waals surface area (Å²) in [5.74, 6) is 0.355. The first-order valence-electron chi connectivity index (χ1n) is 8.68. The van der Waals surface area contributed by atoms with E-state index in [-0.39, 0.29) is 23.6 Å². The van der Waals surface area contributed by atoms with E-state index in [1.54, 1.807) is 13.2 Å². The van der Waals surface area contributed by atoms with Crippen molar-refractivity contribution in [3.05, 3.63) is 28.7 Å². The van der Waals surface area contributed by atoms with E-state index in [1.165, 1.54) is 0 Å². The number of rotatable bonds is 5. The van der Waals surface area contributed by atoms with Crippen LogP contribution in [0.2, 0.25) is 0 Å². The zero-order valence-electron chi connectivity index (χ0n) is 15.5. The Bertz CT molecular complexity index is 794. The number of nitrogens with two attached hydrogens (primary N) is 1. The number of nitrogens with zero attached hydrogens (tertiary/aromatic N) is 2. The van der Waals surface area contributed by atoms with Gasteiger partial charge in [0.15, 0.2) is 0 Å². The molecule has 0 radical (unpaired) electrons. The molecule has 2 heterocycles. The van der Waals surface area contributed by atoms with Crippen LogP contribution < -0.4 is 20.7 Å². The van der Waals surface area contributed by atoms with Crippen molar-refractivity contribution in [1.82, 2.24) is 10.2 Å². The molecule has 8 nitrogen and oxygen atoms in total. The number of methoxy groups -OCH3 is 1. The molecule has 3 N–H and O–H groups in total. The number of nitrogens with one attached hydrogen (secondary N) is 1. The summed E-state index contributed by atoms with van der Waals surface area (Å²) < 4.78 is 5.52. The van der Waals surface area contributed by atoms with Crippen LogP contribution in [0.5, 0.6) is 5.75 Å². The molecule has 0 aromatic heterocycles. The van der Waals surface area contributed by atoms with E-state index in [0.717, 1.165) is 23.0 Å². The van der Waals surface area contributed by atoms with Crippen molar-refractivity contribution in [2.75, 3.05) is 44.7 Å². The molecule has 1 aromatic carbocycles. The highest BCUT2D eigenvalue weighted by Crippen LogP contribution is 2.36. The second kappa shape index (κ2) is 9.81. The molecule has 2 aliphatic rings. The van der Waals surface area contributed by atoms with Crippen molar-refractivity contribution in [3.63, 3.8) is 0 Å². The van der Waals surface area contributed by atoms with Gasteiger partial charge in [-0.1, -0.05) is 12.1 Å². The van der Waals surface area contributed by atoms with E-state index in [1.807, 2.05) is 23.1 Å². The van der Waals surface area contributed by atoms with Crippen LogP contribution in [0.1, 0.15) is 12.0 Å². The quantitative estimate of drug-likeness (QED) is 0.686. The van der Waals surface area contributed by atoms with Crippen molar-refractivity contribution >= 4 is 53.0 Å². The van der Waals surface area contributed by atoms with Crippen LogP contribution in [0.25, 0.3) is 6.08 Å². The molecule has 2 fully saturated rings. The van der Waals surface area contributed by atoms with Gasteiger partial charge in [0, 0.05) is 44.7 Å². The van der Waals surface area contributed by atoms with Crippen molar-refractivity contribution in [2.24, 2.45) is 5.73 Å². The highest BCUT2D eigenvalue weighted by Gasteiger charge is 2.27. The Morgan fingerprint density at radius 1 is 1.29 bits per heavy atom. The number of halogens is 1.